The standard InChI is InChI=1S/C9H8FNO3/c1-9(10)4-2-3-7(6-12)8(5-9)11(13)14/h2-6H,1H3. The number of halogens is 1. The largest absolute Gasteiger partial charge is 0.298 e. The summed E-state index contributed by atoms with van der Waals surface area (Å²) in [5.41, 5.74) is -2.54. The van der Waals surface area contributed by atoms with Crippen LogP contribution in [0.4, 0.5) is 4.39 Å². The molecule has 1 atom stereocenters. The monoisotopic (exact) mass is 197 g/mol. The molecule has 0 radical (unpaired) electrons. The van der Waals surface area contributed by atoms with E-state index < -0.39 is 16.3 Å². The Bertz CT molecular complexity index is 366. The first-order valence-electron chi connectivity index (χ1n) is 3.87. The minimum atomic E-state index is -1.90. The average Bonchev–Trinajstić information content (AvgIpc) is 2.23. The van der Waals surface area contributed by atoms with Crippen molar-refractivity contribution in [3.8, 4) is 0 Å². The minimum absolute atomic E-state index is 0.132. The summed E-state index contributed by atoms with van der Waals surface area (Å²) in [6.45, 7) is 1.18. The highest BCUT2D eigenvalue weighted by molar-refractivity contribution is 5.80. The molecule has 1 aliphatic rings. The Balaban J connectivity index is 3.24. The van der Waals surface area contributed by atoms with Crippen LogP contribution in [0.2, 0.25) is 0 Å². The molecule has 0 heterocycles. The second kappa shape index (κ2) is 3.53. The van der Waals surface area contributed by atoms with Gasteiger partial charge in [-0.15, -0.1) is 0 Å². The molecule has 0 bridgehead atoms. The zero-order chi connectivity index (χ0) is 10.8. The molecule has 0 aromatic rings. The van der Waals surface area contributed by atoms with Gasteiger partial charge in [0, 0.05) is 6.08 Å². The summed E-state index contributed by atoms with van der Waals surface area (Å²) in [7, 11) is 0. The van der Waals surface area contributed by atoms with Crippen molar-refractivity contribution in [1.29, 1.82) is 0 Å². The lowest BCUT2D eigenvalue weighted by Crippen LogP contribution is -2.13. The molecule has 0 fully saturated rings. The molecule has 0 saturated heterocycles. The summed E-state index contributed by atoms with van der Waals surface area (Å²) in [5, 5.41) is 10.5. The molecule has 0 aromatic heterocycles. The summed E-state index contributed by atoms with van der Waals surface area (Å²) in [4.78, 5) is 20.2. The van der Waals surface area contributed by atoms with Crippen LogP contribution in [-0.2, 0) is 4.79 Å². The van der Waals surface area contributed by atoms with Crippen LogP contribution in [0.15, 0.2) is 35.6 Å². The van der Waals surface area contributed by atoms with E-state index >= 15 is 0 Å². The minimum Gasteiger partial charge on any atom is -0.298 e. The van der Waals surface area contributed by atoms with Gasteiger partial charge in [-0.05, 0) is 19.1 Å². The molecule has 74 valence electrons. The first kappa shape index (κ1) is 10.3. The molecule has 1 unspecified atom stereocenters. The smallest absolute Gasteiger partial charge is 0.279 e. The number of carbonyl (C=O) groups is 1. The van der Waals surface area contributed by atoms with Crippen LogP contribution in [0, 0.1) is 10.1 Å². The van der Waals surface area contributed by atoms with Crippen molar-refractivity contribution in [2.45, 2.75) is 12.6 Å². The lowest BCUT2D eigenvalue weighted by Gasteiger charge is -2.07. The van der Waals surface area contributed by atoms with Crippen LogP contribution < -0.4 is 0 Å². The van der Waals surface area contributed by atoms with Gasteiger partial charge in [-0.3, -0.25) is 14.9 Å². The SMILES string of the molecule is CC1(F)C=CC=C(C=O)C([N+](=O)[O-])=C1. The zero-order valence-corrected chi connectivity index (χ0v) is 7.44. The van der Waals surface area contributed by atoms with E-state index in [4.69, 9.17) is 0 Å². The van der Waals surface area contributed by atoms with Gasteiger partial charge in [0.25, 0.3) is 5.70 Å². The lowest BCUT2D eigenvalue weighted by atomic mass is 10.1. The lowest BCUT2D eigenvalue weighted by molar-refractivity contribution is -0.420. The van der Waals surface area contributed by atoms with E-state index in [1.54, 1.807) is 0 Å². The average molecular weight is 197 g/mol. The Kier molecular flexibility index (Phi) is 2.60. The molecule has 5 heteroatoms. The van der Waals surface area contributed by atoms with Crippen molar-refractivity contribution in [2.75, 3.05) is 0 Å². The number of nitro groups is 1. The summed E-state index contributed by atoms with van der Waals surface area (Å²) < 4.78 is 13.4. The summed E-state index contributed by atoms with van der Waals surface area (Å²) >= 11 is 0. The van der Waals surface area contributed by atoms with Crippen LogP contribution in [0.1, 0.15) is 6.92 Å². The van der Waals surface area contributed by atoms with Gasteiger partial charge < -0.3 is 0 Å². The van der Waals surface area contributed by atoms with Crippen LogP contribution >= 0.6 is 0 Å². The van der Waals surface area contributed by atoms with E-state index in [1.165, 1.54) is 19.1 Å². The third-order valence-corrected chi connectivity index (χ3v) is 1.74. The van der Waals surface area contributed by atoms with Gasteiger partial charge >= 0.3 is 0 Å². The second-order valence-electron chi connectivity index (χ2n) is 3.04. The predicted octanol–water partition coefficient (Wildman–Crippen LogP) is 1.57. The fourth-order valence-corrected chi connectivity index (χ4v) is 1.08. The third-order valence-electron chi connectivity index (χ3n) is 1.74. The maximum Gasteiger partial charge on any atom is 0.279 e. The fourth-order valence-electron chi connectivity index (χ4n) is 1.08. The van der Waals surface area contributed by atoms with Crippen molar-refractivity contribution in [2.24, 2.45) is 0 Å². The Morgan fingerprint density at radius 1 is 1.64 bits per heavy atom. The van der Waals surface area contributed by atoms with Gasteiger partial charge in [-0.2, -0.15) is 0 Å². The Labute approximate surface area is 79.6 Å². The second-order valence-corrected chi connectivity index (χ2v) is 3.04. The number of hydrogen-bond donors (Lipinski definition) is 0. The molecular formula is C9H8FNO3. The van der Waals surface area contributed by atoms with Gasteiger partial charge in [0.1, 0.15) is 0 Å². The normalized spacial score (nSPS) is 26.1. The van der Waals surface area contributed by atoms with Gasteiger partial charge in [0.15, 0.2) is 12.0 Å². The molecule has 4 nitrogen and oxygen atoms in total. The summed E-state index contributed by atoms with van der Waals surface area (Å²) in [5.74, 6) is 0. The summed E-state index contributed by atoms with van der Waals surface area (Å²) in [6, 6.07) is 0. The van der Waals surface area contributed by atoms with Crippen molar-refractivity contribution in [3.63, 3.8) is 0 Å². The van der Waals surface area contributed by atoms with E-state index in [1.807, 2.05) is 0 Å². The van der Waals surface area contributed by atoms with E-state index in [2.05, 4.69) is 0 Å². The maximum absolute atomic E-state index is 13.4. The molecular weight excluding hydrogens is 189 g/mol. The number of hydrogen-bond acceptors (Lipinski definition) is 3. The highest BCUT2D eigenvalue weighted by atomic mass is 19.1. The fraction of sp³-hybridized carbons (Fsp3) is 0.222. The molecule has 0 N–H and O–H groups in total. The first-order chi connectivity index (χ1) is 6.46. The number of alkyl halides is 1. The topological polar surface area (TPSA) is 60.2 Å². The number of rotatable bonds is 2. The van der Waals surface area contributed by atoms with Gasteiger partial charge in [-0.1, -0.05) is 6.08 Å². The van der Waals surface area contributed by atoms with Gasteiger partial charge in [-0.25, -0.2) is 4.39 Å². The summed E-state index contributed by atoms with van der Waals surface area (Å²) in [6.07, 6.45) is 4.80. The van der Waals surface area contributed by atoms with Crippen molar-refractivity contribution in [3.05, 3.63) is 45.7 Å². The number of nitrogens with zero attached hydrogens (tertiary/aromatic N) is 1. The highest BCUT2D eigenvalue weighted by Crippen LogP contribution is 2.23. The zero-order valence-electron chi connectivity index (χ0n) is 7.44. The van der Waals surface area contributed by atoms with Crippen LogP contribution in [0.3, 0.4) is 0 Å². The number of allylic oxidation sites excluding steroid dienone is 5. The Morgan fingerprint density at radius 2 is 2.29 bits per heavy atom. The van der Waals surface area contributed by atoms with Gasteiger partial charge in [0.05, 0.1) is 10.5 Å². The van der Waals surface area contributed by atoms with Crippen molar-refractivity contribution < 1.29 is 14.1 Å². The number of aldehydes is 1. The molecule has 1 rings (SSSR count). The van der Waals surface area contributed by atoms with Crippen LogP contribution in [-0.4, -0.2) is 16.9 Å². The Hall–Kier alpha value is -1.78. The highest BCUT2D eigenvalue weighted by Gasteiger charge is 2.27. The maximum atomic E-state index is 13.4. The molecule has 0 amide bonds. The van der Waals surface area contributed by atoms with Crippen molar-refractivity contribution >= 4 is 6.29 Å². The predicted molar refractivity (Wildman–Crippen MR) is 47.9 cm³/mol. The van der Waals surface area contributed by atoms with Gasteiger partial charge in [0.2, 0.25) is 0 Å². The van der Waals surface area contributed by atoms with Crippen LogP contribution in [0.5, 0.6) is 0 Å². The van der Waals surface area contributed by atoms with Crippen molar-refractivity contribution in [1.82, 2.24) is 0 Å². The number of carbonyl (C=O) groups excluding carboxylic acids is 1. The molecule has 0 aliphatic heterocycles. The molecule has 0 saturated carbocycles. The van der Waals surface area contributed by atoms with E-state index in [9.17, 15) is 19.3 Å². The first-order valence-corrected chi connectivity index (χ1v) is 3.87. The van der Waals surface area contributed by atoms with Crippen LogP contribution in [0.25, 0.3) is 0 Å². The Morgan fingerprint density at radius 3 is 2.79 bits per heavy atom. The molecule has 0 spiro atoms. The third kappa shape index (κ3) is 2.12. The van der Waals surface area contributed by atoms with E-state index in [-0.39, 0.29) is 5.57 Å². The van der Waals surface area contributed by atoms with E-state index in [0.29, 0.717) is 6.29 Å². The van der Waals surface area contributed by atoms with E-state index in [0.717, 1.165) is 12.2 Å². The molecule has 14 heavy (non-hydrogen) atoms. The molecule has 0 aromatic carbocycles. The molecule has 1 aliphatic carbocycles. The quantitative estimate of drug-likeness (QED) is 0.383.